The largest absolute Gasteiger partial charge is 0.586 e. The van der Waals surface area contributed by atoms with Crippen LogP contribution in [-0.2, 0) is 11.2 Å². The minimum Gasteiger partial charge on any atom is -0.490 e. The first kappa shape index (κ1) is 22.5. The number of aliphatic hydroxyl groups is 2. The van der Waals surface area contributed by atoms with E-state index in [0.29, 0.717) is 5.56 Å². The second kappa shape index (κ2) is 7.91. The number of carbonyl (C=O) groups is 1. The maximum atomic E-state index is 14.5. The summed E-state index contributed by atoms with van der Waals surface area (Å²) in [5, 5.41) is 24.1. The fourth-order valence-corrected chi connectivity index (χ4v) is 4.32. The van der Waals surface area contributed by atoms with E-state index in [0.717, 1.165) is 18.2 Å². The Bertz CT molecular complexity index is 1160. The lowest BCUT2D eigenvalue weighted by Gasteiger charge is -2.42. The first-order chi connectivity index (χ1) is 16.0. The van der Waals surface area contributed by atoms with E-state index in [1.54, 1.807) is 0 Å². The molecule has 0 aliphatic carbocycles. The number of aliphatic hydroxyl groups excluding tert-OH is 1. The Balaban J connectivity index is 1.29. The second-order valence-corrected chi connectivity index (χ2v) is 8.47. The lowest BCUT2D eigenvalue weighted by molar-refractivity contribution is -0.286. The highest BCUT2D eigenvalue weighted by atomic mass is 19.3. The monoisotopic (exact) mass is 484 g/mol. The minimum atomic E-state index is -3.89. The van der Waals surface area contributed by atoms with Crippen LogP contribution < -0.4 is 24.4 Å². The van der Waals surface area contributed by atoms with E-state index < -0.39 is 35.4 Å². The molecule has 2 aromatic carbocycles. The number of hydrogen-bond acceptors (Lipinski definition) is 7. The fourth-order valence-electron chi connectivity index (χ4n) is 4.32. The van der Waals surface area contributed by atoms with Gasteiger partial charge < -0.3 is 34.6 Å². The van der Waals surface area contributed by atoms with Gasteiger partial charge in [-0.2, -0.15) is 0 Å². The molecule has 1 saturated heterocycles. The zero-order chi connectivity index (χ0) is 24.3. The average Bonchev–Trinajstić information content (AvgIpc) is 3.08. The molecule has 3 aliphatic rings. The molecule has 12 heteroatoms. The third kappa shape index (κ3) is 3.96. The standard InChI is InChI=1S/C22H20F4N2O6/c23-12-2-3-15(11-1-4-19(30)27-20(11)12)32-10-21(31)5-6-28(9-18(21)29)14-8-17-16(7-13(14)24)33-22(25,26)34-17/h2-3,7-8,18,29,31H,1,4-6,9-10H2,(H,27,30). The van der Waals surface area contributed by atoms with Crippen LogP contribution in [-0.4, -0.2) is 53.8 Å². The number of amides is 1. The summed E-state index contributed by atoms with van der Waals surface area (Å²) in [5.41, 5.74) is -1.32. The Kier molecular flexibility index (Phi) is 5.24. The number of carbonyl (C=O) groups excluding carboxylic acids is 1. The summed E-state index contributed by atoms with van der Waals surface area (Å²) in [6.07, 6.45) is -4.91. The summed E-state index contributed by atoms with van der Waals surface area (Å²) in [5.74, 6) is -2.28. The lowest BCUT2D eigenvalue weighted by Crippen LogP contribution is -2.58. The SMILES string of the molecule is O=C1CCc2c(OCC3(O)CCN(c4cc5c(cc4F)OC(F)(F)O5)CC3O)ccc(F)c2N1. The van der Waals surface area contributed by atoms with Gasteiger partial charge in [-0.05, 0) is 25.0 Å². The van der Waals surface area contributed by atoms with Crippen molar-refractivity contribution in [3.63, 3.8) is 0 Å². The van der Waals surface area contributed by atoms with E-state index in [-0.39, 0.29) is 67.7 Å². The molecular weight excluding hydrogens is 464 g/mol. The molecule has 1 fully saturated rings. The van der Waals surface area contributed by atoms with E-state index in [1.807, 2.05) is 0 Å². The number of nitrogens with zero attached hydrogens (tertiary/aromatic N) is 1. The Morgan fingerprint density at radius 3 is 2.62 bits per heavy atom. The first-order valence-electron chi connectivity index (χ1n) is 10.5. The molecule has 3 heterocycles. The highest BCUT2D eigenvalue weighted by Crippen LogP contribution is 2.45. The van der Waals surface area contributed by atoms with Crippen LogP contribution in [0.1, 0.15) is 18.4 Å². The molecule has 0 bridgehead atoms. The van der Waals surface area contributed by atoms with Gasteiger partial charge in [-0.25, -0.2) is 8.78 Å². The molecule has 0 radical (unpaired) electrons. The van der Waals surface area contributed by atoms with Gasteiger partial charge >= 0.3 is 6.29 Å². The topological polar surface area (TPSA) is 100 Å². The number of fused-ring (bicyclic) bond motifs is 2. The molecule has 2 unspecified atom stereocenters. The number of halogens is 4. The molecule has 0 aromatic heterocycles. The van der Waals surface area contributed by atoms with Crippen LogP contribution in [0.4, 0.5) is 28.9 Å². The third-order valence-electron chi connectivity index (χ3n) is 6.20. The number of anilines is 2. The summed E-state index contributed by atoms with van der Waals surface area (Å²) < 4.78 is 69.5. The number of piperidine rings is 1. The van der Waals surface area contributed by atoms with Crippen molar-refractivity contribution in [3.8, 4) is 17.2 Å². The molecular formula is C22H20F4N2O6. The van der Waals surface area contributed by atoms with Crippen molar-refractivity contribution in [2.24, 2.45) is 0 Å². The van der Waals surface area contributed by atoms with Gasteiger partial charge in [-0.15, -0.1) is 8.78 Å². The predicted molar refractivity (Wildman–Crippen MR) is 109 cm³/mol. The van der Waals surface area contributed by atoms with Gasteiger partial charge in [-0.1, -0.05) is 0 Å². The Labute approximate surface area is 190 Å². The molecule has 3 aliphatic heterocycles. The summed E-state index contributed by atoms with van der Waals surface area (Å²) >= 11 is 0. The van der Waals surface area contributed by atoms with E-state index in [2.05, 4.69) is 14.8 Å². The number of alkyl halides is 2. The molecule has 5 rings (SSSR count). The zero-order valence-corrected chi connectivity index (χ0v) is 17.6. The van der Waals surface area contributed by atoms with Crippen LogP contribution in [0.2, 0.25) is 0 Å². The van der Waals surface area contributed by atoms with Gasteiger partial charge in [0.15, 0.2) is 11.5 Å². The van der Waals surface area contributed by atoms with Crippen molar-refractivity contribution in [2.45, 2.75) is 37.3 Å². The van der Waals surface area contributed by atoms with E-state index in [1.165, 1.54) is 11.0 Å². The Morgan fingerprint density at radius 1 is 1.15 bits per heavy atom. The molecule has 34 heavy (non-hydrogen) atoms. The predicted octanol–water partition coefficient (Wildman–Crippen LogP) is 2.55. The van der Waals surface area contributed by atoms with Crippen LogP contribution in [0.15, 0.2) is 24.3 Å². The molecule has 0 saturated carbocycles. The van der Waals surface area contributed by atoms with Gasteiger partial charge in [0.25, 0.3) is 0 Å². The van der Waals surface area contributed by atoms with Crippen LogP contribution in [0.5, 0.6) is 17.2 Å². The number of benzene rings is 2. The normalized spacial score (nSPS) is 25.1. The van der Waals surface area contributed by atoms with Gasteiger partial charge in [0.2, 0.25) is 5.91 Å². The quantitative estimate of drug-likeness (QED) is 0.574. The summed E-state index contributed by atoms with van der Waals surface area (Å²) in [6, 6.07) is 4.35. The van der Waals surface area contributed by atoms with Crippen LogP contribution in [0.3, 0.4) is 0 Å². The molecule has 2 aromatic rings. The van der Waals surface area contributed by atoms with E-state index in [4.69, 9.17) is 4.74 Å². The molecule has 8 nitrogen and oxygen atoms in total. The zero-order valence-electron chi connectivity index (χ0n) is 17.6. The number of hydrogen-bond donors (Lipinski definition) is 3. The first-order valence-corrected chi connectivity index (χ1v) is 10.5. The number of nitrogens with one attached hydrogen (secondary N) is 1. The Morgan fingerprint density at radius 2 is 1.88 bits per heavy atom. The van der Waals surface area contributed by atoms with Gasteiger partial charge in [0, 0.05) is 37.2 Å². The van der Waals surface area contributed by atoms with Crippen LogP contribution in [0.25, 0.3) is 0 Å². The average molecular weight is 484 g/mol. The van der Waals surface area contributed by atoms with Crippen LogP contribution in [0, 0.1) is 11.6 Å². The van der Waals surface area contributed by atoms with E-state index in [9.17, 15) is 32.6 Å². The van der Waals surface area contributed by atoms with Crippen molar-refractivity contribution in [2.75, 3.05) is 29.9 Å². The van der Waals surface area contributed by atoms with Gasteiger partial charge in [0.05, 0.1) is 11.4 Å². The molecule has 3 N–H and O–H groups in total. The second-order valence-electron chi connectivity index (χ2n) is 8.47. The van der Waals surface area contributed by atoms with Crippen molar-refractivity contribution in [1.29, 1.82) is 0 Å². The number of rotatable bonds is 4. The highest BCUT2D eigenvalue weighted by molar-refractivity contribution is 5.94. The summed E-state index contributed by atoms with van der Waals surface area (Å²) in [7, 11) is 0. The molecule has 182 valence electrons. The third-order valence-corrected chi connectivity index (χ3v) is 6.20. The highest BCUT2D eigenvalue weighted by Gasteiger charge is 2.46. The Hall–Kier alpha value is -3.25. The van der Waals surface area contributed by atoms with Crippen molar-refractivity contribution < 1.29 is 46.8 Å². The van der Waals surface area contributed by atoms with Crippen molar-refractivity contribution >= 4 is 17.3 Å². The van der Waals surface area contributed by atoms with E-state index >= 15 is 0 Å². The minimum absolute atomic E-state index is 0.0277. The summed E-state index contributed by atoms with van der Waals surface area (Å²) in [6.45, 7) is -0.490. The summed E-state index contributed by atoms with van der Waals surface area (Å²) in [4.78, 5) is 13.0. The maximum Gasteiger partial charge on any atom is 0.586 e. The number of β-amino-alcohol motifs (C(OH)–C–C–N with tert-alkyl or cyclic N) is 1. The van der Waals surface area contributed by atoms with Crippen molar-refractivity contribution in [1.82, 2.24) is 0 Å². The lowest BCUT2D eigenvalue weighted by atomic mass is 9.89. The van der Waals surface area contributed by atoms with Gasteiger partial charge in [0.1, 0.15) is 35.7 Å². The smallest absolute Gasteiger partial charge is 0.490 e. The molecule has 2 atom stereocenters. The molecule has 1 amide bonds. The van der Waals surface area contributed by atoms with Gasteiger partial charge in [-0.3, -0.25) is 4.79 Å². The number of ether oxygens (including phenoxy) is 3. The fraction of sp³-hybridized carbons (Fsp3) is 0.409. The van der Waals surface area contributed by atoms with Crippen LogP contribution >= 0.6 is 0 Å². The van der Waals surface area contributed by atoms with Crippen molar-refractivity contribution in [3.05, 3.63) is 41.5 Å². The molecule has 0 spiro atoms. The maximum absolute atomic E-state index is 14.5.